The third kappa shape index (κ3) is 4.69. The lowest BCUT2D eigenvalue weighted by molar-refractivity contribution is -0.119. The van der Waals surface area contributed by atoms with Crippen LogP contribution in [0.1, 0.15) is 23.3 Å². The molecule has 2 aromatic carbocycles. The van der Waals surface area contributed by atoms with Crippen molar-refractivity contribution >= 4 is 34.8 Å². The number of benzene rings is 2. The first-order chi connectivity index (χ1) is 14.4. The van der Waals surface area contributed by atoms with E-state index in [4.69, 9.17) is 21.1 Å². The summed E-state index contributed by atoms with van der Waals surface area (Å²) in [5.41, 5.74) is 1.45. The molecule has 0 spiro atoms. The van der Waals surface area contributed by atoms with Crippen molar-refractivity contribution in [2.75, 3.05) is 24.9 Å². The molecule has 0 radical (unpaired) electrons. The highest BCUT2D eigenvalue weighted by molar-refractivity contribution is 6.32. The predicted molar refractivity (Wildman–Crippen MR) is 112 cm³/mol. The van der Waals surface area contributed by atoms with E-state index >= 15 is 0 Å². The van der Waals surface area contributed by atoms with Crippen molar-refractivity contribution in [3.05, 3.63) is 59.6 Å². The van der Waals surface area contributed by atoms with Crippen molar-refractivity contribution < 1.29 is 19.1 Å². The summed E-state index contributed by atoms with van der Waals surface area (Å²) < 4.78 is 11.8. The van der Waals surface area contributed by atoms with Gasteiger partial charge in [0, 0.05) is 16.9 Å². The number of nitrogens with zero attached hydrogens (tertiary/aromatic N) is 3. The highest BCUT2D eigenvalue weighted by atomic mass is 35.5. The minimum atomic E-state index is -0.512. The topological polar surface area (TPSA) is 107 Å². The summed E-state index contributed by atoms with van der Waals surface area (Å²) in [6.45, 7) is 1.72. The largest absolute Gasteiger partial charge is 0.493 e. The molecule has 2 N–H and O–H groups in total. The summed E-state index contributed by atoms with van der Waals surface area (Å²) in [4.78, 5) is 28.7. The van der Waals surface area contributed by atoms with E-state index in [-0.39, 0.29) is 16.8 Å². The Morgan fingerprint density at radius 2 is 1.73 bits per heavy atom. The van der Waals surface area contributed by atoms with Gasteiger partial charge in [-0.25, -0.2) is 9.67 Å². The van der Waals surface area contributed by atoms with Gasteiger partial charge in [0.05, 0.1) is 19.2 Å². The molecule has 3 aromatic rings. The number of rotatable bonds is 7. The lowest BCUT2D eigenvalue weighted by atomic mass is 10.1. The minimum absolute atomic E-state index is 0.239. The van der Waals surface area contributed by atoms with E-state index in [0.717, 1.165) is 0 Å². The van der Waals surface area contributed by atoms with E-state index < -0.39 is 6.04 Å². The molecule has 1 unspecified atom stereocenters. The summed E-state index contributed by atoms with van der Waals surface area (Å²) in [5, 5.41) is 9.78. The third-order valence-electron chi connectivity index (χ3n) is 4.32. The molecule has 0 bridgehead atoms. The van der Waals surface area contributed by atoms with Crippen LogP contribution in [0, 0.1) is 0 Å². The van der Waals surface area contributed by atoms with Crippen LogP contribution in [0.2, 0.25) is 5.02 Å². The lowest BCUT2D eigenvalue weighted by Crippen LogP contribution is -2.24. The highest BCUT2D eigenvalue weighted by Crippen LogP contribution is 2.36. The van der Waals surface area contributed by atoms with Gasteiger partial charge >= 0.3 is 0 Å². The van der Waals surface area contributed by atoms with Gasteiger partial charge in [0.15, 0.2) is 11.5 Å². The van der Waals surface area contributed by atoms with Crippen LogP contribution in [0.15, 0.2) is 49.1 Å². The van der Waals surface area contributed by atoms with Gasteiger partial charge in [-0.2, -0.15) is 5.10 Å². The van der Waals surface area contributed by atoms with Gasteiger partial charge in [-0.15, -0.1) is 0 Å². The Labute approximate surface area is 178 Å². The molecule has 0 saturated carbocycles. The van der Waals surface area contributed by atoms with E-state index in [1.165, 1.54) is 37.6 Å². The number of anilines is 2. The third-order valence-corrected chi connectivity index (χ3v) is 4.60. The standard InChI is InChI=1S/C20H20ClN5O4/c1-12(26-11-22-10-23-26)19(27)24-14-4-6-15(7-5-14)25-20(28)13-8-16(21)18(30-3)17(9-13)29-2/h4-12H,1-3H3,(H,24,27)(H,25,28). The maximum atomic E-state index is 12.6. The second-order valence-electron chi connectivity index (χ2n) is 6.27. The molecule has 0 saturated heterocycles. The Hall–Kier alpha value is -3.59. The lowest BCUT2D eigenvalue weighted by Gasteiger charge is -2.13. The number of ether oxygens (including phenoxy) is 2. The van der Waals surface area contributed by atoms with Crippen molar-refractivity contribution in [3.63, 3.8) is 0 Å². The molecule has 1 heterocycles. The van der Waals surface area contributed by atoms with Gasteiger partial charge in [-0.05, 0) is 43.3 Å². The fourth-order valence-corrected chi connectivity index (χ4v) is 2.96. The predicted octanol–water partition coefficient (Wildman–Crippen LogP) is 3.40. The smallest absolute Gasteiger partial charge is 0.255 e. The number of nitrogens with one attached hydrogen (secondary N) is 2. The first kappa shape index (κ1) is 21.1. The number of aromatic nitrogens is 3. The van der Waals surface area contributed by atoms with Crippen LogP contribution in [0.5, 0.6) is 11.5 Å². The molecule has 0 aliphatic heterocycles. The molecule has 2 amide bonds. The number of amides is 2. The van der Waals surface area contributed by atoms with Crippen molar-refractivity contribution in [3.8, 4) is 11.5 Å². The summed E-state index contributed by atoms with van der Waals surface area (Å²) in [5.74, 6) is 0.109. The van der Waals surface area contributed by atoms with Crippen LogP contribution in [-0.2, 0) is 4.79 Å². The van der Waals surface area contributed by atoms with Crippen LogP contribution < -0.4 is 20.1 Å². The Kier molecular flexibility index (Phi) is 6.53. The average Bonchev–Trinajstić information content (AvgIpc) is 3.28. The van der Waals surface area contributed by atoms with Crippen molar-refractivity contribution in [1.29, 1.82) is 0 Å². The van der Waals surface area contributed by atoms with E-state index in [9.17, 15) is 9.59 Å². The molecule has 0 aliphatic rings. The number of methoxy groups -OCH3 is 2. The first-order valence-corrected chi connectivity index (χ1v) is 9.28. The van der Waals surface area contributed by atoms with Crippen molar-refractivity contribution in [1.82, 2.24) is 14.8 Å². The quantitative estimate of drug-likeness (QED) is 0.596. The number of carbonyl (C=O) groups excluding carboxylic acids is 2. The van der Waals surface area contributed by atoms with E-state index in [2.05, 4.69) is 20.7 Å². The summed E-state index contributed by atoms with van der Waals surface area (Å²) in [6, 6.07) is 9.25. The number of halogens is 1. The van der Waals surface area contributed by atoms with Crippen LogP contribution in [0.3, 0.4) is 0 Å². The van der Waals surface area contributed by atoms with Gasteiger partial charge in [0.2, 0.25) is 5.91 Å². The molecule has 0 aliphatic carbocycles. The molecule has 10 heteroatoms. The van der Waals surface area contributed by atoms with Crippen molar-refractivity contribution in [2.45, 2.75) is 13.0 Å². The van der Waals surface area contributed by atoms with Gasteiger partial charge in [0.1, 0.15) is 18.7 Å². The van der Waals surface area contributed by atoms with Gasteiger partial charge in [-0.3, -0.25) is 9.59 Å². The first-order valence-electron chi connectivity index (χ1n) is 8.91. The maximum absolute atomic E-state index is 12.6. The van der Waals surface area contributed by atoms with E-state index in [1.54, 1.807) is 37.3 Å². The molecular weight excluding hydrogens is 410 g/mol. The van der Waals surface area contributed by atoms with Crippen LogP contribution in [0.25, 0.3) is 0 Å². The molecular formula is C20H20ClN5O4. The Morgan fingerprint density at radius 1 is 1.07 bits per heavy atom. The highest BCUT2D eigenvalue weighted by Gasteiger charge is 2.17. The minimum Gasteiger partial charge on any atom is -0.493 e. The zero-order valence-corrected chi connectivity index (χ0v) is 17.3. The van der Waals surface area contributed by atoms with E-state index in [1.807, 2.05) is 0 Å². The molecule has 1 atom stereocenters. The van der Waals surface area contributed by atoms with E-state index in [0.29, 0.717) is 28.4 Å². The normalized spacial score (nSPS) is 11.5. The second-order valence-corrected chi connectivity index (χ2v) is 6.67. The zero-order valence-electron chi connectivity index (χ0n) is 16.5. The summed E-state index contributed by atoms with van der Waals surface area (Å²) in [7, 11) is 2.93. The molecule has 9 nitrogen and oxygen atoms in total. The Morgan fingerprint density at radius 3 is 2.30 bits per heavy atom. The summed E-state index contributed by atoms with van der Waals surface area (Å²) in [6.07, 6.45) is 2.84. The molecule has 0 fully saturated rings. The number of hydrogen-bond donors (Lipinski definition) is 2. The molecule has 156 valence electrons. The molecule has 30 heavy (non-hydrogen) atoms. The SMILES string of the molecule is COc1cc(C(=O)Nc2ccc(NC(=O)C(C)n3cncn3)cc2)cc(Cl)c1OC. The van der Waals surface area contributed by atoms with Crippen LogP contribution >= 0.6 is 11.6 Å². The number of hydrogen-bond acceptors (Lipinski definition) is 6. The molecule has 3 rings (SSSR count). The number of carbonyl (C=O) groups is 2. The average molecular weight is 430 g/mol. The summed E-state index contributed by atoms with van der Waals surface area (Å²) >= 11 is 6.16. The van der Waals surface area contributed by atoms with Crippen molar-refractivity contribution in [2.24, 2.45) is 0 Å². The monoisotopic (exact) mass is 429 g/mol. The fraction of sp³-hybridized carbons (Fsp3) is 0.200. The zero-order chi connectivity index (χ0) is 21.7. The van der Waals surface area contributed by atoms with Crippen LogP contribution in [0.4, 0.5) is 11.4 Å². The Bertz CT molecular complexity index is 1040. The fourth-order valence-electron chi connectivity index (χ4n) is 2.67. The van der Waals surface area contributed by atoms with Gasteiger partial charge in [0.25, 0.3) is 5.91 Å². The second kappa shape index (κ2) is 9.27. The van der Waals surface area contributed by atoms with Crippen LogP contribution in [-0.4, -0.2) is 40.8 Å². The van der Waals surface area contributed by atoms with Gasteiger partial charge in [-0.1, -0.05) is 11.6 Å². The van der Waals surface area contributed by atoms with Gasteiger partial charge < -0.3 is 20.1 Å². The maximum Gasteiger partial charge on any atom is 0.255 e. The Balaban J connectivity index is 1.66. The molecule has 1 aromatic heterocycles.